The van der Waals surface area contributed by atoms with E-state index in [0.29, 0.717) is 39.0 Å². The second-order valence-corrected chi connectivity index (χ2v) is 18.5. The standard InChI is InChI=1S/C37H34F2N8O6S4/c1-22-32(24-11-13-30(28(38)19-24)56(3,50)51)54-36(44-22)46(34(48)42-18-15-26-9-5-7-16-40-26)47(35(49)43-21-27-10-6-8-17-41-27)37-45-23(2)33(55-37)25-12-14-31(29(39)20-25)57(4,52)53/h5-14,16-17,19-20H,15,18,21H2,1-4H3,(H,42,48)(H,43,49). The SMILES string of the molecule is Cc1nc(N(C(=O)NCCc2ccccn2)N(C(=O)NCc2ccccn2)c2nc(C)c(-c3ccc(S(C)(=O)=O)c(F)c3)s2)sc1-c1ccc(S(C)(=O)=O)c(F)c1. The van der Waals surface area contributed by atoms with Crippen LogP contribution < -0.4 is 20.7 Å². The fraction of sp³-hybridized carbons (Fsp3) is 0.189. The van der Waals surface area contributed by atoms with Gasteiger partial charge >= 0.3 is 12.1 Å². The number of amides is 4. The van der Waals surface area contributed by atoms with Crippen molar-refractivity contribution in [3.05, 3.63) is 120 Å². The van der Waals surface area contributed by atoms with Crippen molar-refractivity contribution in [2.75, 3.05) is 29.1 Å². The average molecular weight is 853 g/mol. The number of rotatable bonds is 11. The molecule has 0 atom stereocenters. The molecule has 57 heavy (non-hydrogen) atoms. The summed E-state index contributed by atoms with van der Waals surface area (Å²) < 4.78 is 78.7. The number of nitrogens with one attached hydrogen (secondary N) is 2. The van der Waals surface area contributed by atoms with Gasteiger partial charge in [-0.3, -0.25) is 9.97 Å². The molecule has 0 aliphatic heterocycles. The summed E-state index contributed by atoms with van der Waals surface area (Å²) in [6, 6.07) is 16.1. The average Bonchev–Trinajstić information content (AvgIpc) is 3.74. The lowest BCUT2D eigenvalue weighted by molar-refractivity contribution is 0.236. The lowest BCUT2D eigenvalue weighted by atomic mass is 10.1. The Bertz CT molecular complexity index is 2680. The molecular weight excluding hydrogens is 819 g/mol. The molecule has 4 amide bonds. The normalized spacial score (nSPS) is 11.6. The topological polar surface area (TPSA) is 185 Å². The Morgan fingerprint density at radius 3 is 1.54 bits per heavy atom. The van der Waals surface area contributed by atoms with Crippen molar-refractivity contribution in [3.8, 4) is 20.9 Å². The van der Waals surface area contributed by atoms with Crippen LogP contribution in [0.15, 0.2) is 95.0 Å². The van der Waals surface area contributed by atoms with Gasteiger partial charge in [-0.2, -0.15) is 10.0 Å². The Balaban J connectivity index is 1.46. The van der Waals surface area contributed by atoms with E-state index in [0.717, 1.165) is 69.5 Å². The summed E-state index contributed by atoms with van der Waals surface area (Å²) in [6.07, 6.45) is 5.29. The summed E-state index contributed by atoms with van der Waals surface area (Å²) >= 11 is 1.86. The molecule has 0 fully saturated rings. The molecule has 20 heteroatoms. The highest BCUT2D eigenvalue weighted by molar-refractivity contribution is 7.91. The van der Waals surface area contributed by atoms with Gasteiger partial charge in [0.1, 0.15) is 21.4 Å². The zero-order valence-electron chi connectivity index (χ0n) is 30.7. The molecule has 0 unspecified atom stereocenters. The van der Waals surface area contributed by atoms with Gasteiger partial charge in [0, 0.05) is 43.6 Å². The van der Waals surface area contributed by atoms with Crippen molar-refractivity contribution in [2.45, 2.75) is 36.6 Å². The minimum Gasteiger partial charge on any atom is -0.336 e. The Hall–Kier alpha value is -5.70. The number of sulfone groups is 2. The third kappa shape index (κ3) is 9.47. The van der Waals surface area contributed by atoms with Crippen LogP contribution in [0.3, 0.4) is 0 Å². The number of urea groups is 2. The molecule has 0 saturated carbocycles. The molecule has 4 heterocycles. The van der Waals surface area contributed by atoms with Crippen LogP contribution in [0.2, 0.25) is 0 Å². The van der Waals surface area contributed by atoms with Crippen molar-refractivity contribution in [3.63, 3.8) is 0 Å². The molecule has 2 aromatic carbocycles. The quantitative estimate of drug-likeness (QED) is 0.136. The molecule has 0 aliphatic carbocycles. The van der Waals surface area contributed by atoms with E-state index in [2.05, 4.69) is 30.6 Å². The van der Waals surface area contributed by atoms with Crippen molar-refractivity contribution < 1.29 is 35.2 Å². The molecular formula is C37H34F2N8O6S4. The number of carbonyl (C=O) groups excluding carboxylic acids is 2. The number of thiazole rings is 2. The molecule has 2 N–H and O–H groups in total. The van der Waals surface area contributed by atoms with Crippen LogP contribution in [0.25, 0.3) is 20.9 Å². The number of hydrazine groups is 1. The molecule has 296 valence electrons. The van der Waals surface area contributed by atoms with E-state index in [-0.39, 0.29) is 34.5 Å². The molecule has 14 nitrogen and oxygen atoms in total. The summed E-state index contributed by atoms with van der Waals surface area (Å²) in [7, 11) is -7.73. The number of pyridine rings is 2. The number of aromatic nitrogens is 4. The maximum Gasteiger partial charge on any atom is 0.343 e. The minimum absolute atomic E-state index is 0.0450. The monoisotopic (exact) mass is 852 g/mol. The molecule has 0 aliphatic rings. The number of carbonyl (C=O) groups is 2. The van der Waals surface area contributed by atoms with Crippen LogP contribution in [-0.2, 0) is 32.6 Å². The predicted octanol–water partition coefficient (Wildman–Crippen LogP) is 6.52. The van der Waals surface area contributed by atoms with Crippen LogP contribution in [0.5, 0.6) is 0 Å². The molecule has 0 spiro atoms. The van der Waals surface area contributed by atoms with Gasteiger partial charge in [0.25, 0.3) is 0 Å². The van der Waals surface area contributed by atoms with Crippen molar-refractivity contribution >= 4 is 64.7 Å². The van der Waals surface area contributed by atoms with Crippen molar-refractivity contribution in [1.82, 2.24) is 30.6 Å². The fourth-order valence-corrected chi connectivity index (χ4v) is 9.12. The minimum atomic E-state index is -3.86. The van der Waals surface area contributed by atoms with E-state index in [4.69, 9.17) is 0 Å². The Labute approximate surface area is 335 Å². The van der Waals surface area contributed by atoms with Gasteiger partial charge in [0.15, 0.2) is 19.7 Å². The van der Waals surface area contributed by atoms with E-state index >= 15 is 8.78 Å². The summed E-state index contributed by atoms with van der Waals surface area (Å²) in [5, 5.41) is 7.44. The Morgan fingerprint density at radius 1 is 0.667 bits per heavy atom. The number of benzene rings is 2. The third-order valence-corrected chi connectivity index (χ3v) is 12.9. The first-order chi connectivity index (χ1) is 27.0. The summed E-state index contributed by atoms with van der Waals surface area (Å²) in [6.45, 7) is 3.24. The predicted molar refractivity (Wildman–Crippen MR) is 213 cm³/mol. The van der Waals surface area contributed by atoms with E-state index < -0.39 is 53.2 Å². The number of hydrogen-bond acceptors (Lipinski definition) is 12. The lowest BCUT2D eigenvalue weighted by Gasteiger charge is -2.30. The van der Waals surface area contributed by atoms with Crippen LogP contribution in [0, 0.1) is 25.5 Å². The highest BCUT2D eigenvalue weighted by Crippen LogP contribution is 2.40. The van der Waals surface area contributed by atoms with Gasteiger partial charge < -0.3 is 10.6 Å². The second-order valence-electron chi connectivity index (χ2n) is 12.6. The second kappa shape index (κ2) is 16.8. The van der Waals surface area contributed by atoms with E-state index in [1.165, 1.54) is 12.1 Å². The first kappa shape index (κ1) is 40.9. The maximum absolute atomic E-state index is 15.1. The zero-order valence-corrected chi connectivity index (χ0v) is 34.0. The maximum atomic E-state index is 15.1. The van der Waals surface area contributed by atoms with Gasteiger partial charge in [-0.05, 0) is 73.5 Å². The molecule has 0 bridgehead atoms. The third-order valence-electron chi connectivity index (χ3n) is 8.24. The van der Waals surface area contributed by atoms with Crippen molar-refractivity contribution in [1.29, 1.82) is 0 Å². The number of anilines is 2. The van der Waals surface area contributed by atoms with Gasteiger partial charge in [0.05, 0.1) is 33.4 Å². The van der Waals surface area contributed by atoms with E-state index in [1.54, 1.807) is 62.6 Å². The summed E-state index contributed by atoms with van der Waals surface area (Å²) in [5.41, 5.74) is 2.40. The zero-order chi connectivity index (χ0) is 41.1. The number of hydrogen-bond donors (Lipinski definition) is 2. The molecule has 6 aromatic rings. The van der Waals surface area contributed by atoms with Gasteiger partial charge in [-0.25, -0.2) is 45.2 Å². The first-order valence-corrected chi connectivity index (χ1v) is 22.3. The lowest BCUT2D eigenvalue weighted by Crippen LogP contribution is -2.57. The van der Waals surface area contributed by atoms with E-state index in [9.17, 15) is 26.4 Å². The fourth-order valence-electron chi connectivity index (χ4n) is 5.56. The van der Waals surface area contributed by atoms with Gasteiger partial charge in [0.2, 0.25) is 10.3 Å². The van der Waals surface area contributed by atoms with Crippen LogP contribution in [0.1, 0.15) is 22.8 Å². The first-order valence-electron chi connectivity index (χ1n) is 16.9. The molecule has 0 saturated heterocycles. The smallest absolute Gasteiger partial charge is 0.336 e. The summed E-state index contributed by atoms with van der Waals surface area (Å²) in [4.78, 5) is 46.4. The van der Waals surface area contributed by atoms with Gasteiger partial charge in [-0.15, -0.1) is 0 Å². The largest absolute Gasteiger partial charge is 0.343 e. The Kier molecular flexibility index (Phi) is 12.1. The highest BCUT2D eigenvalue weighted by atomic mass is 32.2. The summed E-state index contributed by atoms with van der Waals surface area (Å²) in [5.74, 6) is -1.95. The highest BCUT2D eigenvalue weighted by Gasteiger charge is 2.35. The van der Waals surface area contributed by atoms with Gasteiger partial charge in [-0.1, -0.05) is 46.9 Å². The number of aryl methyl sites for hydroxylation is 2. The van der Waals surface area contributed by atoms with Crippen LogP contribution in [-0.4, -0.2) is 67.9 Å². The number of halogens is 2. The molecule has 6 rings (SSSR count). The van der Waals surface area contributed by atoms with E-state index in [1.807, 2.05) is 0 Å². The molecule has 0 radical (unpaired) electrons. The van der Waals surface area contributed by atoms with Crippen LogP contribution >= 0.6 is 22.7 Å². The Morgan fingerprint density at radius 2 is 1.12 bits per heavy atom. The van der Waals surface area contributed by atoms with Crippen LogP contribution in [0.4, 0.5) is 28.6 Å². The molecule has 4 aromatic heterocycles. The van der Waals surface area contributed by atoms with Crippen molar-refractivity contribution in [2.24, 2.45) is 0 Å². The number of nitrogens with zero attached hydrogens (tertiary/aromatic N) is 6.